The molecule has 3 nitrogen and oxygen atoms in total. The first-order valence-electron chi connectivity index (χ1n) is 5.97. The van der Waals surface area contributed by atoms with Gasteiger partial charge in [0.25, 0.3) is 0 Å². The summed E-state index contributed by atoms with van der Waals surface area (Å²) in [7, 11) is 1.56. The number of ether oxygens (including phenoxy) is 1. The molecule has 1 aromatic carbocycles. The fourth-order valence-corrected chi connectivity index (χ4v) is 2.46. The van der Waals surface area contributed by atoms with Crippen LogP contribution >= 0.6 is 23.2 Å². The average molecular weight is 300 g/mol. The highest BCUT2D eigenvalue weighted by molar-refractivity contribution is 6.34. The summed E-state index contributed by atoms with van der Waals surface area (Å²) in [5.41, 5.74) is 0.865. The van der Waals surface area contributed by atoms with Gasteiger partial charge in [0.2, 0.25) is 0 Å². The standard InChI is InChI=1S/C14H15Cl2NO2/c1-3-17-14(12-5-4-6-19-12)9-7-11(16)13(18-2)8-10(9)15/h4-8,14,17H,3H2,1-2H3. The molecule has 0 amide bonds. The van der Waals surface area contributed by atoms with Crippen LogP contribution in [0.1, 0.15) is 24.3 Å². The van der Waals surface area contributed by atoms with E-state index in [2.05, 4.69) is 5.32 Å². The summed E-state index contributed by atoms with van der Waals surface area (Å²) >= 11 is 12.5. The van der Waals surface area contributed by atoms with Gasteiger partial charge in [0.05, 0.1) is 24.4 Å². The Morgan fingerprint density at radius 3 is 2.68 bits per heavy atom. The highest BCUT2D eigenvalue weighted by Crippen LogP contribution is 2.36. The van der Waals surface area contributed by atoms with Gasteiger partial charge in [-0.1, -0.05) is 30.1 Å². The number of hydrogen-bond donors (Lipinski definition) is 1. The number of rotatable bonds is 5. The van der Waals surface area contributed by atoms with E-state index < -0.39 is 0 Å². The zero-order valence-electron chi connectivity index (χ0n) is 10.7. The summed E-state index contributed by atoms with van der Waals surface area (Å²) < 4.78 is 10.6. The van der Waals surface area contributed by atoms with Gasteiger partial charge in [-0.25, -0.2) is 0 Å². The summed E-state index contributed by atoms with van der Waals surface area (Å²) in [6, 6.07) is 7.14. The Morgan fingerprint density at radius 2 is 2.11 bits per heavy atom. The van der Waals surface area contributed by atoms with Crippen LogP contribution < -0.4 is 10.1 Å². The van der Waals surface area contributed by atoms with E-state index in [0.29, 0.717) is 15.8 Å². The predicted molar refractivity (Wildman–Crippen MR) is 77.2 cm³/mol. The molecule has 0 saturated carbocycles. The van der Waals surface area contributed by atoms with E-state index in [0.717, 1.165) is 17.9 Å². The van der Waals surface area contributed by atoms with E-state index in [1.54, 1.807) is 25.5 Å². The fraction of sp³-hybridized carbons (Fsp3) is 0.286. The molecule has 0 radical (unpaired) electrons. The SMILES string of the molecule is CCNC(c1ccco1)c1cc(Cl)c(OC)cc1Cl. The summed E-state index contributed by atoms with van der Waals surface area (Å²) in [4.78, 5) is 0. The molecular weight excluding hydrogens is 285 g/mol. The second kappa shape index (κ2) is 6.33. The summed E-state index contributed by atoms with van der Waals surface area (Å²) in [6.07, 6.45) is 1.64. The number of halogens is 2. The molecule has 2 aromatic rings. The average Bonchev–Trinajstić information content (AvgIpc) is 2.92. The molecule has 1 atom stereocenters. The fourth-order valence-electron chi connectivity index (χ4n) is 1.95. The van der Waals surface area contributed by atoms with E-state index in [4.69, 9.17) is 32.4 Å². The van der Waals surface area contributed by atoms with Crippen LogP contribution in [-0.2, 0) is 0 Å². The van der Waals surface area contributed by atoms with Crippen LogP contribution in [0.4, 0.5) is 0 Å². The van der Waals surface area contributed by atoms with Crippen molar-refractivity contribution in [2.24, 2.45) is 0 Å². The molecule has 1 heterocycles. The maximum Gasteiger partial charge on any atom is 0.138 e. The normalized spacial score (nSPS) is 12.4. The largest absolute Gasteiger partial charge is 0.495 e. The molecule has 0 aliphatic heterocycles. The van der Waals surface area contributed by atoms with Gasteiger partial charge in [-0.3, -0.25) is 0 Å². The van der Waals surface area contributed by atoms with E-state index in [1.165, 1.54) is 0 Å². The maximum atomic E-state index is 6.31. The van der Waals surface area contributed by atoms with Crippen LogP contribution in [-0.4, -0.2) is 13.7 Å². The van der Waals surface area contributed by atoms with Crippen molar-refractivity contribution in [1.82, 2.24) is 5.32 Å². The number of hydrogen-bond acceptors (Lipinski definition) is 3. The van der Waals surface area contributed by atoms with Gasteiger partial charge in [0.1, 0.15) is 11.5 Å². The lowest BCUT2D eigenvalue weighted by molar-refractivity contribution is 0.414. The smallest absolute Gasteiger partial charge is 0.138 e. The lowest BCUT2D eigenvalue weighted by Gasteiger charge is -2.18. The zero-order valence-corrected chi connectivity index (χ0v) is 12.3. The van der Waals surface area contributed by atoms with Crippen LogP contribution in [0, 0.1) is 0 Å². The van der Waals surface area contributed by atoms with E-state index in [-0.39, 0.29) is 6.04 Å². The van der Waals surface area contributed by atoms with Crippen molar-refractivity contribution >= 4 is 23.2 Å². The highest BCUT2D eigenvalue weighted by atomic mass is 35.5. The maximum absolute atomic E-state index is 6.31. The van der Waals surface area contributed by atoms with Crippen molar-refractivity contribution in [2.45, 2.75) is 13.0 Å². The van der Waals surface area contributed by atoms with Gasteiger partial charge in [-0.05, 0) is 30.3 Å². The third-order valence-corrected chi connectivity index (χ3v) is 3.44. The molecule has 19 heavy (non-hydrogen) atoms. The molecule has 0 aliphatic carbocycles. The molecule has 0 spiro atoms. The second-order valence-corrected chi connectivity index (χ2v) is 4.83. The van der Waals surface area contributed by atoms with E-state index in [1.807, 2.05) is 19.1 Å². The van der Waals surface area contributed by atoms with E-state index >= 15 is 0 Å². The molecule has 102 valence electrons. The molecule has 0 bridgehead atoms. The van der Waals surface area contributed by atoms with E-state index in [9.17, 15) is 0 Å². The van der Waals surface area contributed by atoms with Crippen molar-refractivity contribution in [1.29, 1.82) is 0 Å². The Hall–Kier alpha value is -1.16. The second-order valence-electron chi connectivity index (χ2n) is 4.01. The Bertz CT molecular complexity index is 541. The van der Waals surface area contributed by atoms with Crippen molar-refractivity contribution in [3.63, 3.8) is 0 Å². The number of methoxy groups -OCH3 is 1. The molecule has 1 unspecified atom stereocenters. The van der Waals surface area contributed by atoms with Gasteiger partial charge >= 0.3 is 0 Å². The lowest BCUT2D eigenvalue weighted by atomic mass is 10.0. The minimum Gasteiger partial charge on any atom is -0.495 e. The van der Waals surface area contributed by atoms with Crippen molar-refractivity contribution in [2.75, 3.05) is 13.7 Å². The van der Waals surface area contributed by atoms with Crippen molar-refractivity contribution < 1.29 is 9.15 Å². The van der Waals surface area contributed by atoms with Crippen LogP contribution in [0.15, 0.2) is 34.9 Å². The third kappa shape index (κ3) is 3.06. The molecule has 5 heteroatoms. The summed E-state index contributed by atoms with van der Waals surface area (Å²) in [5, 5.41) is 4.44. The predicted octanol–water partition coefficient (Wildman–Crippen LogP) is 4.29. The first-order chi connectivity index (χ1) is 9.17. The topological polar surface area (TPSA) is 34.4 Å². The van der Waals surface area contributed by atoms with Crippen LogP contribution in [0.5, 0.6) is 5.75 Å². The van der Waals surface area contributed by atoms with Crippen LogP contribution in [0.2, 0.25) is 10.0 Å². The number of furan rings is 1. The quantitative estimate of drug-likeness (QED) is 0.894. The molecular formula is C14H15Cl2NO2. The molecule has 1 N–H and O–H groups in total. The highest BCUT2D eigenvalue weighted by Gasteiger charge is 2.20. The molecule has 0 saturated heterocycles. The Balaban J connectivity index is 2.45. The number of benzene rings is 1. The Labute approximate surface area is 122 Å². The lowest BCUT2D eigenvalue weighted by Crippen LogP contribution is -2.21. The molecule has 0 aliphatic rings. The van der Waals surface area contributed by atoms with Gasteiger partial charge in [0, 0.05) is 11.1 Å². The first kappa shape index (κ1) is 14.3. The van der Waals surface area contributed by atoms with Crippen LogP contribution in [0.3, 0.4) is 0 Å². The number of nitrogens with one attached hydrogen (secondary N) is 1. The van der Waals surface area contributed by atoms with Crippen molar-refractivity contribution in [3.8, 4) is 5.75 Å². The first-order valence-corrected chi connectivity index (χ1v) is 6.72. The Kier molecular flexibility index (Phi) is 4.75. The Morgan fingerprint density at radius 1 is 1.32 bits per heavy atom. The van der Waals surface area contributed by atoms with Crippen molar-refractivity contribution in [3.05, 3.63) is 51.9 Å². The third-order valence-electron chi connectivity index (χ3n) is 2.82. The van der Waals surface area contributed by atoms with Gasteiger partial charge in [0.15, 0.2) is 0 Å². The molecule has 0 fully saturated rings. The minimum absolute atomic E-state index is 0.129. The van der Waals surface area contributed by atoms with Gasteiger partial charge in [-0.15, -0.1) is 0 Å². The zero-order chi connectivity index (χ0) is 13.8. The molecule has 2 rings (SSSR count). The monoisotopic (exact) mass is 299 g/mol. The summed E-state index contributed by atoms with van der Waals surface area (Å²) in [6.45, 7) is 2.81. The van der Waals surface area contributed by atoms with Gasteiger partial charge < -0.3 is 14.5 Å². The molecule has 1 aromatic heterocycles. The minimum atomic E-state index is -0.129. The summed E-state index contributed by atoms with van der Waals surface area (Å²) in [5.74, 6) is 1.36. The van der Waals surface area contributed by atoms with Gasteiger partial charge in [-0.2, -0.15) is 0 Å². The van der Waals surface area contributed by atoms with Crippen LogP contribution in [0.25, 0.3) is 0 Å².